The molecule has 0 atom stereocenters. The van der Waals surface area contributed by atoms with E-state index >= 15 is 0 Å². The van der Waals surface area contributed by atoms with Crippen LogP contribution in [0.4, 0.5) is 0 Å². The van der Waals surface area contributed by atoms with E-state index in [4.69, 9.17) is 0 Å². The zero-order chi connectivity index (χ0) is 15.7. The van der Waals surface area contributed by atoms with Crippen LogP contribution in [0.3, 0.4) is 0 Å². The molecule has 3 rings (SSSR count). The molecule has 0 aliphatic heterocycles. The zero-order valence-corrected chi connectivity index (χ0v) is 14.6. The molecule has 0 radical (unpaired) electrons. The lowest BCUT2D eigenvalue weighted by atomic mass is 10.1. The van der Waals surface area contributed by atoms with Gasteiger partial charge in [-0.1, -0.05) is 12.1 Å². The Morgan fingerprint density at radius 2 is 1.95 bits per heavy atom. The fraction of sp³-hybridized carbons (Fsp3) is 0.412. The molecular weight excluding hydrogens is 314 g/mol. The van der Waals surface area contributed by atoms with Gasteiger partial charge in [0.1, 0.15) is 0 Å². The average Bonchev–Trinajstić information content (AvgIpc) is 3.17. The van der Waals surface area contributed by atoms with Crippen molar-refractivity contribution in [2.45, 2.75) is 44.0 Å². The van der Waals surface area contributed by atoms with E-state index < -0.39 is 10.0 Å². The third-order valence-electron chi connectivity index (χ3n) is 4.20. The molecule has 0 spiro atoms. The summed E-state index contributed by atoms with van der Waals surface area (Å²) in [7, 11) is -3.39. The average molecular weight is 335 g/mol. The summed E-state index contributed by atoms with van der Waals surface area (Å²) in [6.45, 7) is 4.53. The summed E-state index contributed by atoms with van der Waals surface area (Å²) in [6.07, 6.45) is 2.75. The molecule has 22 heavy (non-hydrogen) atoms. The molecule has 5 heteroatoms. The number of hydrogen-bond donors (Lipinski definition) is 0. The van der Waals surface area contributed by atoms with E-state index in [1.54, 1.807) is 27.8 Å². The Morgan fingerprint density at radius 3 is 2.55 bits per heavy atom. The number of benzene rings is 1. The second-order valence-corrected chi connectivity index (χ2v) is 8.85. The van der Waals surface area contributed by atoms with Crippen molar-refractivity contribution in [2.24, 2.45) is 0 Å². The van der Waals surface area contributed by atoms with Crippen molar-refractivity contribution in [1.82, 2.24) is 4.31 Å². The van der Waals surface area contributed by atoms with E-state index in [1.165, 1.54) is 4.88 Å². The Morgan fingerprint density at radius 1 is 1.18 bits per heavy atom. The van der Waals surface area contributed by atoms with Crippen molar-refractivity contribution in [1.29, 1.82) is 0 Å². The fourth-order valence-corrected chi connectivity index (χ4v) is 5.02. The second-order valence-electron chi connectivity index (χ2n) is 5.92. The van der Waals surface area contributed by atoms with Crippen molar-refractivity contribution in [2.75, 3.05) is 6.54 Å². The van der Waals surface area contributed by atoms with Gasteiger partial charge in [0.25, 0.3) is 0 Å². The minimum absolute atomic E-state index is 0.187. The van der Waals surface area contributed by atoms with Crippen LogP contribution < -0.4 is 0 Å². The maximum Gasteiger partial charge on any atom is 0.243 e. The molecule has 1 aliphatic rings. The van der Waals surface area contributed by atoms with Crippen LogP contribution in [0.15, 0.2) is 40.6 Å². The molecule has 1 fully saturated rings. The van der Waals surface area contributed by atoms with E-state index in [1.807, 2.05) is 31.4 Å². The van der Waals surface area contributed by atoms with Crippen LogP contribution in [-0.2, 0) is 16.4 Å². The minimum Gasteiger partial charge on any atom is -0.207 e. The lowest BCUT2D eigenvalue weighted by Gasteiger charge is -2.22. The zero-order valence-electron chi connectivity index (χ0n) is 13.0. The van der Waals surface area contributed by atoms with Gasteiger partial charge in [-0.2, -0.15) is 4.31 Å². The third-order valence-corrected chi connectivity index (χ3v) is 7.08. The highest BCUT2D eigenvalue weighted by molar-refractivity contribution is 7.89. The van der Waals surface area contributed by atoms with Gasteiger partial charge in [0, 0.05) is 17.5 Å². The Labute approximate surface area is 136 Å². The molecule has 0 bridgehead atoms. The number of thiophene rings is 1. The summed E-state index contributed by atoms with van der Waals surface area (Å²) in [5.74, 6) is 0. The quantitative estimate of drug-likeness (QED) is 0.806. The monoisotopic (exact) mass is 335 g/mol. The van der Waals surface area contributed by atoms with E-state index in [0.29, 0.717) is 11.4 Å². The van der Waals surface area contributed by atoms with Gasteiger partial charge in [-0.15, -0.1) is 11.3 Å². The second kappa shape index (κ2) is 6.14. The molecule has 1 aromatic carbocycles. The van der Waals surface area contributed by atoms with Crippen molar-refractivity contribution < 1.29 is 8.42 Å². The summed E-state index contributed by atoms with van der Waals surface area (Å²) in [5.41, 5.74) is 2.14. The molecule has 1 aliphatic carbocycles. The molecule has 2 aromatic rings. The van der Waals surface area contributed by atoms with Gasteiger partial charge in [0.15, 0.2) is 0 Å². The largest absolute Gasteiger partial charge is 0.243 e. The first kappa shape index (κ1) is 15.7. The molecule has 0 unspecified atom stereocenters. The predicted octanol–water partition coefficient (Wildman–Crippen LogP) is 3.76. The topological polar surface area (TPSA) is 37.4 Å². The summed E-state index contributed by atoms with van der Waals surface area (Å²) < 4.78 is 27.6. The van der Waals surface area contributed by atoms with Crippen molar-refractivity contribution >= 4 is 21.4 Å². The lowest BCUT2D eigenvalue weighted by Crippen LogP contribution is -2.34. The SMILES string of the molecule is Cc1ccc(S(=O)(=O)N(CCc2cccs2)C2CC2)cc1C. The van der Waals surface area contributed by atoms with Crippen LogP contribution in [0.1, 0.15) is 28.8 Å². The van der Waals surface area contributed by atoms with Crippen LogP contribution in [0, 0.1) is 13.8 Å². The van der Waals surface area contributed by atoms with Gasteiger partial charge in [-0.25, -0.2) is 8.42 Å². The van der Waals surface area contributed by atoms with Gasteiger partial charge in [0.05, 0.1) is 4.90 Å². The van der Waals surface area contributed by atoms with Crippen LogP contribution in [0.2, 0.25) is 0 Å². The molecule has 3 nitrogen and oxygen atoms in total. The van der Waals surface area contributed by atoms with E-state index in [2.05, 4.69) is 6.07 Å². The first-order chi connectivity index (χ1) is 10.5. The van der Waals surface area contributed by atoms with Gasteiger partial charge < -0.3 is 0 Å². The molecule has 0 amide bonds. The molecule has 1 aromatic heterocycles. The number of nitrogens with zero attached hydrogens (tertiary/aromatic N) is 1. The summed E-state index contributed by atoms with van der Waals surface area (Å²) >= 11 is 1.69. The van der Waals surface area contributed by atoms with Crippen LogP contribution >= 0.6 is 11.3 Å². The van der Waals surface area contributed by atoms with Crippen molar-refractivity contribution in [3.8, 4) is 0 Å². The molecule has 1 saturated carbocycles. The van der Waals surface area contributed by atoms with Crippen molar-refractivity contribution in [3.63, 3.8) is 0 Å². The first-order valence-electron chi connectivity index (χ1n) is 7.60. The van der Waals surface area contributed by atoms with Crippen LogP contribution in [0.5, 0.6) is 0 Å². The Balaban J connectivity index is 1.84. The smallest absolute Gasteiger partial charge is 0.207 e. The summed E-state index contributed by atoms with van der Waals surface area (Å²) in [6, 6.07) is 9.69. The number of sulfonamides is 1. The molecule has 0 saturated heterocycles. The van der Waals surface area contributed by atoms with Gasteiger partial charge in [-0.3, -0.25) is 0 Å². The van der Waals surface area contributed by atoms with E-state index in [9.17, 15) is 8.42 Å². The van der Waals surface area contributed by atoms with Crippen LogP contribution in [0.25, 0.3) is 0 Å². The molecular formula is C17H21NO2S2. The standard InChI is InChI=1S/C17H21NO2S2/c1-13-5-8-17(12-14(13)2)22(19,20)18(15-6-7-15)10-9-16-4-3-11-21-16/h3-5,8,11-12,15H,6-7,9-10H2,1-2H3. The Bertz CT molecular complexity index is 747. The normalized spacial score (nSPS) is 15.4. The predicted molar refractivity (Wildman–Crippen MR) is 90.9 cm³/mol. The number of aryl methyl sites for hydroxylation is 2. The highest BCUT2D eigenvalue weighted by Gasteiger charge is 2.37. The first-order valence-corrected chi connectivity index (χ1v) is 9.92. The van der Waals surface area contributed by atoms with Crippen molar-refractivity contribution in [3.05, 3.63) is 51.7 Å². The highest BCUT2D eigenvalue weighted by atomic mass is 32.2. The molecule has 0 N–H and O–H groups in total. The maximum absolute atomic E-state index is 13.0. The highest BCUT2D eigenvalue weighted by Crippen LogP contribution is 2.32. The minimum atomic E-state index is -3.39. The van der Waals surface area contributed by atoms with Gasteiger partial charge in [0.2, 0.25) is 10.0 Å². The Hall–Kier alpha value is -1.17. The third kappa shape index (κ3) is 3.26. The lowest BCUT2D eigenvalue weighted by molar-refractivity contribution is 0.408. The summed E-state index contributed by atoms with van der Waals surface area (Å²) in [4.78, 5) is 1.66. The summed E-state index contributed by atoms with van der Waals surface area (Å²) in [5, 5.41) is 2.04. The van der Waals surface area contributed by atoms with E-state index in [-0.39, 0.29) is 6.04 Å². The maximum atomic E-state index is 13.0. The number of rotatable bonds is 6. The fourth-order valence-electron chi connectivity index (χ4n) is 2.55. The van der Waals surface area contributed by atoms with Gasteiger partial charge in [-0.05, 0) is 67.8 Å². The number of hydrogen-bond acceptors (Lipinski definition) is 3. The van der Waals surface area contributed by atoms with E-state index in [0.717, 1.165) is 30.4 Å². The molecule has 1 heterocycles. The van der Waals surface area contributed by atoms with Gasteiger partial charge >= 0.3 is 0 Å². The Kier molecular flexibility index (Phi) is 4.39. The molecule has 118 valence electrons. The van der Waals surface area contributed by atoms with Crippen LogP contribution in [-0.4, -0.2) is 25.3 Å².